The van der Waals surface area contributed by atoms with Gasteiger partial charge in [-0.2, -0.15) is 0 Å². The van der Waals surface area contributed by atoms with Gasteiger partial charge in [-0.25, -0.2) is 9.97 Å². The molecule has 2 aromatic rings. The summed E-state index contributed by atoms with van der Waals surface area (Å²) in [6.45, 7) is 6.06. The molecule has 3 heterocycles. The number of nitrogens with zero attached hydrogens (tertiary/aromatic N) is 3. The van der Waals surface area contributed by atoms with Crippen molar-refractivity contribution in [1.29, 1.82) is 0 Å². The Hall–Kier alpha value is -1.21. The lowest BCUT2D eigenvalue weighted by molar-refractivity contribution is 0.122. The SMILES string of the molecule is C[C@@H](NCc1cnc(N2CCOCC2)nc1)c1ccc(Cl)s1. The summed E-state index contributed by atoms with van der Waals surface area (Å²) in [5.74, 6) is 0.783. The summed E-state index contributed by atoms with van der Waals surface area (Å²) in [5.41, 5.74) is 1.08. The number of hydrogen-bond donors (Lipinski definition) is 1. The number of nitrogens with one attached hydrogen (secondary N) is 1. The van der Waals surface area contributed by atoms with Crippen molar-refractivity contribution in [2.24, 2.45) is 0 Å². The molecule has 0 aliphatic carbocycles. The zero-order chi connectivity index (χ0) is 15.4. The van der Waals surface area contributed by atoms with E-state index in [-0.39, 0.29) is 6.04 Å². The molecule has 0 aromatic carbocycles. The normalized spacial score (nSPS) is 16.7. The summed E-state index contributed by atoms with van der Waals surface area (Å²) < 4.78 is 6.16. The topological polar surface area (TPSA) is 50.3 Å². The molecule has 1 fully saturated rings. The van der Waals surface area contributed by atoms with Crippen LogP contribution >= 0.6 is 22.9 Å². The molecule has 0 amide bonds. The zero-order valence-electron chi connectivity index (χ0n) is 12.5. The molecule has 3 rings (SSSR count). The summed E-state index contributed by atoms with van der Waals surface area (Å²) >= 11 is 7.58. The van der Waals surface area contributed by atoms with E-state index >= 15 is 0 Å². The molecule has 0 spiro atoms. The summed E-state index contributed by atoms with van der Waals surface area (Å²) in [4.78, 5) is 12.3. The van der Waals surface area contributed by atoms with Gasteiger partial charge < -0.3 is 15.0 Å². The van der Waals surface area contributed by atoms with Crippen molar-refractivity contribution in [2.45, 2.75) is 19.5 Å². The van der Waals surface area contributed by atoms with Crippen molar-refractivity contribution < 1.29 is 4.74 Å². The highest BCUT2D eigenvalue weighted by molar-refractivity contribution is 7.16. The number of anilines is 1. The number of thiophene rings is 1. The van der Waals surface area contributed by atoms with E-state index in [4.69, 9.17) is 16.3 Å². The monoisotopic (exact) mass is 338 g/mol. The highest BCUT2D eigenvalue weighted by Crippen LogP contribution is 2.26. The molecule has 1 aliphatic rings. The molecule has 0 saturated carbocycles. The van der Waals surface area contributed by atoms with E-state index in [1.54, 1.807) is 11.3 Å². The molecule has 1 aliphatic heterocycles. The van der Waals surface area contributed by atoms with Gasteiger partial charge in [0.15, 0.2) is 0 Å². The molecule has 1 atom stereocenters. The number of morpholine rings is 1. The quantitative estimate of drug-likeness (QED) is 0.908. The average molecular weight is 339 g/mol. The molecule has 5 nitrogen and oxygen atoms in total. The smallest absolute Gasteiger partial charge is 0.225 e. The second-order valence-corrected chi connectivity index (χ2v) is 6.98. The summed E-state index contributed by atoms with van der Waals surface area (Å²) in [7, 11) is 0. The van der Waals surface area contributed by atoms with E-state index in [0.717, 1.165) is 48.7 Å². The van der Waals surface area contributed by atoms with Crippen LogP contribution in [-0.4, -0.2) is 36.3 Å². The minimum absolute atomic E-state index is 0.261. The molecule has 22 heavy (non-hydrogen) atoms. The largest absolute Gasteiger partial charge is 0.378 e. The van der Waals surface area contributed by atoms with Crippen LogP contribution in [0, 0.1) is 0 Å². The Labute approximate surface area is 139 Å². The van der Waals surface area contributed by atoms with Crippen LogP contribution in [0.3, 0.4) is 0 Å². The van der Waals surface area contributed by atoms with Gasteiger partial charge >= 0.3 is 0 Å². The van der Waals surface area contributed by atoms with Gasteiger partial charge in [-0.05, 0) is 19.1 Å². The molecule has 1 saturated heterocycles. The van der Waals surface area contributed by atoms with Crippen molar-refractivity contribution in [1.82, 2.24) is 15.3 Å². The van der Waals surface area contributed by atoms with Gasteiger partial charge in [-0.1, -0.05) is 11.6 Å². The van der Waals surface area contributed by atoms with Crippen LogP contribution in [0.4, 0.5) is 5.95 Å². The van der Waals surface area contributed by atoms with Crippen molar-refractivity contribution >= 4 is 28.9 Å². The molecule has 7 heteroatoms. The van der Waals surface area contributed by atoms with Crippen LogP contribution in [0.25, 0.3) is 0 Å². The lowest BCUT2D eigenvalue weighted by Crippen LogP contribution is -2.37. The minimum atomic E-state index is 0.261. The Morgan fingerprint density at radius 1 is 1.32 bits per heavy atom. The second kappa shape index (κ2) is 7.37. The number of rotatable bonds is 5. The van der Waals surface area contributed by atoms with Gasteiger partial charge in [-0.15, -0.1) is 11.3 Å². The first-order valence-electron chi connectivity index (χ1n) is 7.34. The molecule has 0 radical (unpaired) electrons. The third-order valence-electron chi connectivity index (χ3n) is 3.62. The third kappa shape index (κ3) is 3.95. The van der Waals surface area contributed by atoms with Crippen LogP contribution in [0.15, 0.2) is 24.5 Å². The Morgan fingerprint density at radius 2 is 2.05 bits per heavy atom. The molecule has 118 valence electrons. The first kappa shape index (κ1) is 15.7. The van der Waals surface area contributed by atoms with Crippen LogP contribution in [-0.2, 0) is 11.3 Å². The van der Waals surface area contributed by atoms with Crippen molar-refractivity contribution in [2.75, 3.05) is 31.2 Å². The van der Waals surface area contributed by atoms with Gasteiger partial charge in [0.05, 0.1) is 17.6 Å². The second-order valence-electron chi connectivity index (χ2n) is 5.24. The fraction of sp³-hybridized carbons (Fsp3) is 0.467. The number of aromatic nitrogens is 2. The maximum Gasteiger partial charge on any atom is 0.225 e. The molecule has 1 N–H and O–H groups in total. The maximum atomic E-state index is 5.97. The first-order chi connectivity index (χ1) is 10.7. The van der Waals surface area contributed by atoms with Gasteiger partial charge in [0.1, 0.15) is 0 Å². The minimum Gasteiger partial charge on any atom is -0.378 e. The van der Waals surface area contributed by atoms with Gasteiger partial charge in [0.2, 0.25) is 5.95 Å². The van der Waals surface area contributed by atoms with Gasteiger partial charge in [0.25, 0.3) is 0 Å². The number of ether oxygens (including phenoxy) is 1. The highest BCUT2D eigenvalue weighted by Gasteiger charge is 2.13. The standard InChI is InChI=1S/C15H19ClN4OS/c1-11(13-2-3-14(16)22-13)17-8-12-9-18-15(19-10-12)20-4-6-21-7-5-20/h2-3,9-11,17H,4-8H2,1H3/t11-/m1/s1. The zero-order valence-corrected chi connectivity index (χ0v) is 14.0. The lowest BCUT2D eigenvalue weighted by Gasteiger charge is -2.26. The summed E-state index contributed by atoms with van der Waals surface area (Å²) in [6, 6.07) is 4.25. The maximum absolute atomic E-state index is 5.97. The lowest BCUT2D eigenvalue weighted by atomic mass is 10.2. The number of halogens is 1. The Morgan fingerprint density at radius 3 is 2.68 bits per heavy atom. The van der Waals surface area contributed by atoms with Crippen molar-refractivity contribution in [3.05, 3.63) is 39.3 Å². The Kier molecular flexibility index (Phi) is 5.25. The third-order valence-corrected chi connectivity index (χ3v) is 5.03. The van der Waals surface area contributed by atoms with Crippen LogP contribution < -0.4 is 10.2 Å². The fourth-order valence-corrected chi connectivity index (χ4v) is 3.39. The predicted molar refractivity (Wildman–Crippen MR) is 89.6 cm³/mol. The van der Waals surface area contributed by atoms with E-state index in [1.807, 2.05) is 18.5 Å². The summed E-state index contributed by atoms with van der Waals surface area (Å²) in [6.07, 6.45) is 3.78. The van der Waals surface area contributed by atoms with Crippen LogP contribution in [0.1, 0.15) is 23.4 Å². The van der Waals surface area contributed by atoms with Gasteiger partial charge in [-0.3, -0.25) is 0 Å². The molecular formula is C15H19ClN4OS. The molecule has 0 unspecified atom stereocenters. The van der Waals surface area contributed by atoms with Crippen LogP contribution in [0.2, 0.25) is 4.34 Å². The summed E-state index contributed by atoms with van der Waals surface area (Å²) in [5, 5.41) is 3.47. The van der Waals surface area contributed by atoms with E-state index in [2.05, 4.69) is 33.2 Å². The van der Waals surface area contributed by atoms with E-state index in [1.165, 1.54) is 4.88 Å². The van der Waals surface area contributed by atoms with Gasteiger partial charge in [0, 0.05) is 48.5 Å². The molecule has 2 aromatic heterocycles. The first-order valence-corrected chi connectivity index (χ1v) is 8.54. The van der Waals surface area contributed by atoms with Crippen molar-refractivity contribution in [3.63, 3.8) is 0 Å². The van der Waals surface area contributed by atoms with E-state index in [9.17, 15) is 0 Å². The average Bonchev–Trinajstić information content (AvgIpc) is 3.00. The van der Waals surface area contributed by atoms with Crippen LogP contribution in [0.5, 0.6) is 0 Å². The van der Waals surface area contributed by atoms with Crippen molar-refractivity contribution in [3.8, 4) is 0 Å². The van der Waals surface area contributed by atoms with E-state index in [0.29, 0.717) is 0 Å². The molecular weight excluding hydrogens is 320 g/mol. The fourth-order valence-electron chi connectivity index (χ4n) is 2.30. The molecule has 0 bridgehead atoms. The Balaban J connectivity index is 1.54. The predicted octanol–water partition coefficient (Wildman–Crippen LogP) is 2.88. The van der Waals surface area contributed by atoms with E-state index < -0.39 is 0 Å². The number of hydrogen-bond acceptors (Lipinski definition) is 6. The highest BCUT2D eigenvalue weighted by atomic mass is 35.5. The Bertz CT molecular complexity index is 598.